The van der Waals surface area contributed by atoms with E-state index in [4.69, 9.17) is 0 Å². The Morgan fingerprint density at radius 3 is 2.33 bits per heavy atom. The molecule has 152 valence electrons. The van der Waals surface area contributed by atoms with E-state index < -0.39 is 17.7 Å². The van der Waals surface area contributed by atoms with Crippen LogP contribution in [-0.4, -0.2) is 52.0 Å². The molecule has 0 aromatic heterocycles. The molecule has 2 amide bonds. The lowest BCUT2D eigenvalue weighted by atomic mass is 9.88. The predicted octanol–water partition coefficient (Wildman–Crippen LogP) is 2.12. The normalized spacial score (nSPS) is 22.7. The molecule has 0 unspecified atom stereocenters. The molecule has 0 aromatic carbocycles. The Bertz CT molecular complexity index is 612. The topological polar surface area (TPSA) is 90.9 Å². The summed E-state index contributed by atoms with van der Waals surface area (Å²) < 4.78 is 0. The molecule has 1 heterocycles. The maximum absolute atomic E-state index is 12.6. The maximum Gasteiger partial charge on any atom is 0.309 e. The number of nitrogens with zero attached hydrogens (tertiary/aromatic N) is 2. The molecule has 7 nitrogen and oxygen atoms in total. The number of thioether (sulfide) groups is 1. The molecule has 0 aromatic rings. The van der Waals surface area contributed by atoms with Crippen molar-refractivity contribution in [2.24, 2.45) is 16.9 Å². The molecule has 0 radical (unpaired) electrons. The monoisotopic (exact) mass is 396 g/mol. The van der Waals surface area contributed by atoms with E-state index in [0.29, 0.717) is 5.17 Å². The average Bonchev–Trinajstić information content (AvgIpc) is 2.90. The lowest BCUT2D eigenvalue weighted by Gasteiger charge is -2.27. The zero-order chi connectivity index (χ0) is 20.2. The minimum Gasteiger partial charge on any atom is -0.347 e. The van der Waals surface area contributed by atoms with Crippen LogP contribution in [0.4, 0.5) is 0 Å². The van der Waals surface area contributed by atoms with E-state index in [1.165, 1.54) is 11.8 Å². The number of nitrogens with one attached hydrogen (secondary N) is 2. The maximum atomic E-state index is 12.6. The number of carbonyl (C=O) groups excluding carboxylic acids is 3. The van der Waals surface area contributed by atoms with Gasteiger partial charge in [0.15, 0.2) is 5.17 Å². The highest BCUT2D eigenvalue weighted by Gasteiger charge is 2.35. The Morgan fingerprint density at radius 2 is 1.81 bits per heavy atom. The van der Waals surface area contributed by atoms with Crippen molar-refractivity contribution in [3.63, 3.8) is 0 Å². The zero-order valence-electron chi connectivity index (χ0n) is 17.0. The molecule has 27 heavy (non-hydrogen) atoms. The average molecular weight is 397 g/mol. The Labute approximate surface area is 166 Å². The SMILES string of the molecule is CC(C)[C@H](NC(=O)C1CCCCC1)C(=O)C(=O)N/N=C1\SCC(C)(C)N1C. The van der Waals surface area contributed by atoms with Crippen LogP contribution in [0.25, 0.3) is 0 Å². The van der Waals surface area contributed by atoms with Crippen LogP contribution in [0.15, 0.2) is 5.10 Å². The molecule has 0 spiro atoms. The third-order valence-electron chi connectivity index (χ3n) is 5.45. The first-order valence-electron chi connectivity index (χ1n) is 9.72. The molecule has 2 rings (SSSR count). The lowest BCUT2D eigenvalue weighted by Crippen LogP contribution is -2.51. The summed E-state index contributed by atoms with van der Waals surface area (Å²) >= 11 is 1.54. The van der Waals surface area contributed by atoms with Gasteiger partial charge >= 0.3 is 5.91 Å². The number of rotatable bonds is 6. The van der Waals surface area contributed by atoms with E-state index in [1.807, 2.05) is 25.8 Å². The smallest absolute Gasteiger partial charge is 0.309 e. The van der Waals surface area contributed by atoms with Crippen LogP contribution in [0, 0.1) is 11.8 Å². The van der Waals surface area contributed by atoms with Crippen LogP contribution in [0.5, 0.6) is 0 Å². The van der Waals surface area contributed by atoms with Crippen LogP contribution < -0.4 is 10.7 Å². The second kappa shape index (κ2) is 9.08. The van der Waals surface area contributed by atoms with Gasteiger partial charge in [0, 0.05) is 24.3 Å². The third-order valence-corrected chi connectivity index (χ3v) is 6.92. The molecule has 2 fully saturated rings. The van der Waals surface area contributed by atoms with Gasteiger partial charge in [-0.25, -0.2) is 5.43 Å². The van der Waals surface area contributed by atoms with E-state index in [2.05, 4.69) is 29.7 Å². The Hall–Kier alpha value is -1.57. The first-order valence-corrected chi connectivity index (χ1v) is 10.7. The summed E-state index contributed by atoms with van der Waals surface area (Å²) in [5, 5.41) is 7.58. The van der Waals surface area contributed by atoms with E-state index in [0.717, 1.165) is 37.9 Å². The second-order valence-electron chi connectivity index (χ2n) is 8.42. The van der Waals surface area contributed by atoms with Crippen LogP contribution in [-0.2, 0) is 14.4 Å². The fourth-order valence-electron chi connectivity index (χ4n) is 3.27. The van der Waals surface area contributed by atoms with Crippen LogP contribution in [0.1, 0.15) is 59.8 Å². The number of amides is 2. The predicted molar refractivity (Wildman–Crippen MR) is 108 cm³/mol. The minimum atomic E-state index is -0.829. The highest BCUT2D eigenvalue weighted by molar-refractivity contribution is 8.14. The largest absolute Gasteiger partial charge is 0.347 e. The zero-order valence-corrected chi connectivity index (χ0v) is 17.8. The number of Topliss-reactive ketones (excluding diaryl/α,β-unsaturated/α-hetero) is 1. The van der Waals surface area contributed by atoms with Gasteiger partial charge in [0.1, 0.15) is 0 Å². The van der Waals surface area contributed by atoms with Crippen molar-refractivity contribution in [3.05, 3.63) is 0 Å². The van der Waals surface area contributed by atoms with Gasteiger partial charge in [-0.15, -0.1) is 5.10 Å². The summed E-state index contributed by atoms with van der Waals surface area (Å²) in [5.41, 5.74) is 2.32. The second-order valence-corrected chi connectivity index (χ2v) is 9.37. The summed E-state index contributed by atoms with van der Waals surface area (Å²) in [6.45, 7) is 7.83. The van der Waals surface area contributed by atoms with Gasteiger partial charge < -0.3 is 10.2 Å². The highest BCUT2D eigenvalue weighted by atomic mass is 32.2. The van der Waals surface area contributed by atoms with Crippen LogP contribution in [0.3, 0.4) is 0 Å². The van der Waals surface area contributed by atoms with Crippen LogP contribution >= 0.6 is 11.8 Å². The van der Waals surface area contributed by atoms with Crippen LogP contribution in [0.2, 0.25) is 0 Å². The number of ketones is 1. The molecule has 1 saturated heterocycles. The van der Waals surface area contributed by atoms with Gasteiger partial charge in [-0.05, 0) is 32.6 Å². The summed E-state index contributed by atoms with van der Waals surface area (Å²) in [5.74, 6) is -0.924. The fraction of sp³-hybridized carbons (Fsp3) is 0.789. The summed E-state index contributed by atoms with van der Waals surface area (Å²) in [7, 11) is 1.91. The molecular formula is C19H32N4O3S. The Balaban J connectivity index is 1.97. The first kappa shape index (κ1) is 21.7. The number of carbonyl (C=O) groups is 3. The summed E-state index contributed by atoms with van der Waals surface area (Å²) in [4.78, 5) is 39.4. The van der Waals surface area contributed by atoms with Crippen molar-refractivity contribution in [1.82, 2.24) is 15.6 Å². The summed E-state index contributed by atoms with van der Waals surface area (Å²) in [6, 6.07) is -0.829. The highest BCUT2D eigenvalue weighted by Crippen LogP contribution is 2.30. The van der Waals surface area contributed by atoms with Crippen molar-refractivity contribution in [3.8, 4) is 0 Å². The number of hydrazone groups is 1. The Kier molecular flexibility index (Phi) is 7.31. The van der Waals surface area contributed by atoms with Gasteiger partial charge in [-0.2, -0.15) is 0 Å². The van der Waals surface area contributed by atoms with Crippen molar-refractivity contribution in [1.29, 1.82) is 0 Å². The Morgan fingerprint density at radius 1 is 1.19 bits per heavy atom. The number of hydrogen-bond acceptors (Lipinski definition) is 5. The van der Waals surface area contributed by atoms with E-state index >= 15 is 0 Å². The van der Waals surface area contributed by atoms with Gasteiger partial charge in [-0.1, -0.05) is 44.9 Å². The molecule has 2 aliphatic rings. The van der Waals surface area contributed by atoms with Crippen molar-refractivity contribution < 1.29 is 14.4 Å². The molecular weight excluding hydrogens is 364 g/mol. The standard InChI is InChI=1S/C19H32N4O3S/c1-12(2)14(20-16(25)13-9-7-6-8-10-13)15(24)17(26)21-22-18-23(5)19(3,4)11-27-18/h12-14H,6-11H2,1-5H3,(H,20,25)(H,21,26)/b22-18-/t14-/m0/s1. The molecule has 1 aliphatic heterocycles. The van der Waals surface area contributed by atoms with Gasteiger partial charge in [0.25, 0.3) is 0 Å². The lowest BCUT2D eigenvalue weighted by molar-refractivity contribution is -0.141. The molecule has 8 heteroatoms. The van der Waals surface area contributed by atoms with E-state index in [-0.39, 0.29) is 23.3 Å². The quantitative estimate of drug-likeness (QED) is 0.530. The van der Waals surface area contributed by atoms with Crippen molar-refractivity contribution in [2.45, 2.75) is 71.4 Å². The van der Waals surface area contributed by atoms with Gasteiger partial charge in [0.05, 0.1) is 6.04 Å². The van der Waals surface area contributed by atoms with Crippen molar-refractivity contribution >= 4 is 34.5 Å². The molecule has 1 saturated carbocycles. The van der Waals surface area contributed by atoms with E-state index in [1.54, 1.807) is 0 Å². The molecule has 2 N–H and O–H groups in total. The van der Waals surface area contributed by atoms with Gasteiger partial charge in [0.2, 0.25) is 11.7 Å². The minimum absolute atomic E-state index is 0.0489. The summed E-state index contributed by atoms with van der Waals surface area (Å²) in [6.07, 6.45) is 4.94. The molecule has 1 atom stereocenters. The number of hydrogen-bond donors (Lipinski definition) is 2. The van der Waals surface area contributed by atoms with Crippen molar-refractivity contribution in [2.75, 3.05) is 12.8 Å². The van der Waals surface area contributed by atoms with Gasteiger partial charge in [-0.3, -0.25) is 14.4 Å². The van der Waals surface area contributed by atoms with E-state index in [9.17, 15) is 14.4 Å². The first-order chi connectivity index (χ1) is 12.6. The molecule has 0 bridgehead atoms. The fourth-order valence-corrected chi connectivity index (χ4v) is 4.49. The molecule has 1 aliphatic carbocycles. The number of amidine groups is 1. The third kappa shape index (κ3) is 5.46.